The monoisotopic (exact) mass is 246 g/mol. The number of rotatable bonds is 4. The first-order valence-corrected chi connectivity index (χ1v) is 5.48. The zero-order valence-electron chi connectivity index (χ0n) is 9.58. The molecular weight excluding hydrogens is 234 g/mol. The van der Waals surface area contributed by atoms with Crippen molar-refractivity contribution in [3.63, 3.8) is 0 Å². The van der Waals surface area contributed by atoms with Crippen LogP contribution in [0.5, 0.6) is 5.75 Å². The Bertz CT molecular complexity index is 497. The third-order valence-corrected chi connectivity index (χ3v) is 2.50. The normalized spacial score (nSPS) is 10.2. The van der Waals surface area contributed by atoms with E-state index in [0.29, 0.717) is 17.8 Å². The van der Waals surface area contributed by atoms with Gasteiger partial charge in [0.2, 0.25) is 0 Å². The first-order chi connectivity index (χ1) is 8.65. The Labute approximate surface area is 105 Å². The molecule has 2 aromatic rings. The van der Waals surface area contributed by atoms with Gasteiger partial charge >= 0.3 is 7.12 Å². The Morgan fingerprint density at radius 3 is 2.11 bits per heavy atom. The molecule has 0 bridgehead atoms. The molecule has 92 valence electrons. The molecule has 0 aliphatic heterocycles. The molecule has 0 saturated heterocycles. The summed E-state index contributed by atoms with van der Waals surface area (Å²) in [5, 5.41) is 17.9. The summed E-state index contributed by atoms with van der Waals surface area (Å²) in [6.45, 7) is 0.335. The molecule has 0 aromatic heterocycles. The Morgan fingerprint density at radius 2 is 1.56 bits per heavy atom. The molecule has 2 rings (SSSR count). The standard InChI is InChI=1S/C13H12BFO3/c15-12-5-1-10(2-6-12)9-18-13-7-3-11(4-8-13)14(16)17/h1-8,16-17H,9H2. The van der Waals surface area contributed by atoms with Crippen molar-refractivity contribution >= 4 is 12.6 Å². The first kappa shape index (κ1) is 12.6. The molecule has 5 heteroatoms. The minimum Gasteiger partial charge on any atom is -0.489 e. The van der Waals surface area contributed by atoms with Gasteiger partial charge in [-0.1, -0.05) is 24.3 Å². The predicted molar refractivity (Wildman–Crippen MR) is 67.0 cm³/mol. The molecule has 2 N–H and O–H groups in total. The van der Waals surface area contributed by atoms with Crippen molar-refractivity contribution < 1.29 is 19.2 Å². The second-order valence-electron chi connectivity index (χ2n) is 3.86. The van der Waals surface area contributed by atoms with Gasteiger partial charge in [-0.15, -0.1) is 0 Å². The highest BCUT2D eigenvalue weighted by molar-refractivity contribution is 6.58. The average Bonchev–Trinajstić information content (AvgIpc) is 2.38. The molecule has 0 atom stereocenters. The van der Waals surface area contributed by atoms with Crippen molar-refractivity contribution in [2.75, 3.05) is 0 Å². The molecule has 0 saturated carbocycles. The van der Waals surface area contributed by atoms with Crippen LogP contribution in [0.2, 0.25) is 0 Å². The van der Waals surface area contributed by atoms with E-state index in [9.17, 15) is 4.39 Å². The van der Waals surface area contributed by atoms with Gasteiger partial charge in [-0.05, 0) is 35.3 Å². The summed E-state index contributed by atoms with van der Waals surface area (Å²) in [5.74, 6) is 0.337. The molecule has 0 spiro atoms. The second-order valence-corrected chi connectivity index (χ2v) is 3.86. The van der Waals surface area contributed by atoms with Crippen molar-refractivity contribution in [3.8, 4) is 5.75 Å². The molecule has 0 radical (unpaired) electrons. The summed E-state index contributed by atoms with van der Waals surface area (Å²) in [6, 6.07) is 12.5. The number of halogens is 1. The van der Waals surface area contributed by atoms with Crippen LogP contribution in [-0.4, -0.2) is 17.2 Å². The summed E-state index contributed by atoms with van der Waals surface area (Å²) >= 11 is 0. The topological polar surface area (TPSA) is 49.7 Å². The highest BCUT2D eigenvalue weighted by atomic mass is 19.1. The lowest BCUT2D eigenvalue weighted by Crippen LogP contribution is -2.29. The Balaban J connectivity index is 1.95. The maximum Gasteiger partial charge on any atom is 0.488 e. The largest absolute Gasteiger partial charge is 0.489 e. The lowest BCUT2D eigenvalue weighted by Gasteiger charge is -2.07. The SMILES string of the molecule is OB(O)c1ccc(OCc2ccc(F)cc2)cc1. The molecule has 0 amide bonds. The quantitative estimate of drug-likeness (QED) is 0.794. The highest BCUT2D eigenvalue weighted by Crippen LogP contribution is 2.11. The Kier molecular flexibility index (Phi) is 3.97. The molecule has 0 unspecified atom stereocenters. The van der Waals surface area contributed by atoms with Crippen LogP contribution in [0.1, 0.15) is 5.56 Å². The molecule has 0 aliphatic rings. The molecule has 18 heavy (non-hydrogen) atoms. The molecule has 2 aromatic carbocycles. The van der Waals surface area contributed by atoms with Crippen molar-refractivity contribution in [2.45, 2.75) is 6.61 Å². The Morgan fingerprint density at radius 1 is 0.944 bits per heavy atom. The third-order valence-electron chi connectivity index (χ3n) is 2.50. The lowest BCUT2D eigenvalue weighted by atomic mass is 9.80. The summed E-state index contributed by atoms with van der Waals surface area (Å²) in [4.78, 5) is 0. The minimum absolute atomic E-state index is 0.278. The van der Waals surface area contributed by atoms with Crippen molar-refractivity contribution in [2.24, 2.45) is 0 Å². The van der Waals surface area contributed by atoms with E-state index in [-0.39, 0.29) is 5.82 Å². The summed E-state index contributed by atoms with van der Waals surface area (Å²) in [6.07, 6.45) is 0. The first-order valence-electron chi connectivity index (χ1n) is 5.48. The minimum atomic E-state index is -1.48. The van der Waals surface area contributed by atoms with E-state index in [2.05, 4.69) is 0 Å². The van der Waals surface area contributed by atoms with Crippen LogP contribution < -0.4 is 10.2 Å². The van der Waals surface area contributed by atoms with Crippen LogP contribution in [0, 0.1) is 5.82 Å². The fourth-order valence-corrected chi connectivity index (χ4v) is 1.48. The van der Waals surface area contributed by atoms with Crippen LogP contribution >= 0.6 is 0 Å². The van der Waals surface area contributed by atoms with Crippen molar-refractivity contribution in [1.82, 2.24) is 0 Å². The molecule has 0 heterocycles. The van der Waals surface area contributed by atoms with Crippen LogP contribution in [0.25, 0.3) is 0 Å². The number of hydrogen-bond acceptors (Lipinski definition) is 3. The van der Waals surface area contributed by atoms with E-state index in [0.717, 1.165) is 5.56 Å². The van der Waals surface area contributed by atoms with E-state index in [1.165, 1.54) is 12.1 Å². The third kappa shape index (κ3) is 3.32. The zero-order chi connectivity index (χ0) is 13.0. The molecule has 0 fully saturated rings. The van der Waals surface area contributed by atoms with Crippen LogP contribution in [-0.2, 0) is 6.61 Å². The average molecular weight is 246 g/mol. The second kappa shape index (κ2) is 5.66. The summed E-state index contributed by atoms with van der Waals surface area (Å²) < 4.78 is 18.2. The van der Waals surface area contributed by atoms with E-state index < -0.39 is 7.12 Å². The van der Waals surface area contributed by atoms with Gasteiger partial charge in [0.15, 0.2) is 0 Å². The predicted octanol–water partition coefficient (Wildman–Crippen LogP) is 1.08. The van der Waals surface area contributed by atoms with E-state index in [1.807, 2.05) is 0 Å². The van der Waals surface area contributed by atoms with E-state index in [4.69, 9.17) is 14.8 Å². The van der Waals surface area contributed by atoms with E-state index in [1.54, 1.807) is 36.4 Å². The van der Waals surface area contributed by atoms with Crippen LogP contribution in [0.15, 0.2) is 48.5 Å². The zero-order valence-corrected chi connectivity index (χ0v) is 9.58. The highest BCUT2D eigenvalue weighted by Gasteiger charge is 2.09. The smallest absolute Gasteiger partial charge is 0.488 e. The van der Waals surface area contributed by atoms with Crippen molar-refractivity contribution in [1.29, 1.82) is 0 Å². The molecular formula is C13H12BFO3. The maximum atomic E-state index is 12.7. The van der Waals surface area contributed by atoms with Gasteiger partial charge in [0.25, 0.3) is 0 Å². The van der Waals surface area contributed by atoms with Gasteiger partial charge in [0, 0.05) is 0 Å². The number of hydrogen-bond donors (Lipinski definition) is 2. The van der Waals surface area contributed by atoms with Gasteiger partial charge < -0.3 is 14.8 Å². The van der Waals surface area contributed by atoms with Crippen LogP contribution in [0.3, 0.4) is 0 Å². The van der Waals surface area contributed by atoms with Gasteiger partial charge in [0.05, 0.1) is 0 Å². The number of benzene rings is 2. The van der Waals surface area contributed by atoms with Gasteiger partial charge in [-0.2, -0.15) is 0 Å². The Hall–Kier alpha value is -1.85. The number of ether oxygens (including phenoxy) is 1. The summed E-state index contributed by atoms with van der Waals surface area (Å²) in [5.41, 5.74) is 1.27. The van der Waals surface area contributed by atoms with E-state index >= 15 is 0 Å². The molecule has 3 nitrogen and oxygen atoms in total. The van der Waals surface area contributed by atoms with Crippen LogP contribution in [0.4, 0.5) is 4.39 Å². The fraction of sp³-hybridized carbons (Fsp3) is 0.0769. The molecule has 0 aliphatic carbocycles. The van der Waals surface area contributed by atoms with Gasteiger partial charge in [0.1, 0.15) is 18.2 Å². The summed E-state index contributed by atoms with van der Waals surface area (Å²) in [7, 11) is -1.48. The van der Waals surface area contributed by atoms with Gasteiger partial charge in [-0.25, -0.2) is 4.39 Å². The fourth-order valence-electron chi connectivity index (χ4n) is 1.48. The van der Waals surface area contributed by atoms with Crippen molar-refractivity contribution in [3.05, 3.63) is 59.9 Å². The lowest BCUT2D eigenvalue weighted by molar-refractivity contribution is 0.306. The maximum absolute atomic E-state index is 12.7. The van der Waals surface area contributed by atoms with Gasteiger partial charge in [-0.3, -0.25) is 0 Å².